The highest BCUT2D eigenvalue weighted by atomic mass is 16.3. The molecule has 1 aromatic heterocycles. The number of H-pyrrole nitrogens is 1. The van der Waals surface area contributed by atoms with Gasteiger partial charge >= 0.3 is 6.03 Å². The molecule has 3 rings (SSSR count). The number of carbonyl (C=O) groups excluding carboxylic acids is 1. The van der Waals surface area contributed by atoms with E-state index >= 15 is 0 Å². The second kappa shape index (κ2) is 6.11. The first-order chi connectivity index (χ1) is 10.3. The van der Waals surface area contributed by atoms with E-state index < -0.39 is 0 Å². The van der Waals surface area contributed by atoms with Gasteiger partial charge in [-0.05, 0) is 18.2 Å². The van der Waals surface area contributed by atoms with Crippen molar-refractivity contribution in [3.63, 3.8) is 0 Å². The molecule has 1 aliphatic rings. The average molecular weight is 289 g/mol. The Morgan fingerprint density at radius 2 is 2.14 bits per heavy atom. The van der Waals surface area contributed by atoms with Gasteiger partial charge < -0.3 is 20.3 Å². The number of aromatic amines is 1. The van der Waals surface area contributed by atoms with Crippen LogP contribution in [0.1, 0.15) is 0 Å². The quantitative estimate of drug-likeness (QED) is 0.777. The summed E-state index contributed by atoms with van der Waals surface area (Å²) in [5, 5.41) is 11.8. The number of benzene rings is 1. The lowest BCUT2D eigenvalue weighted by molar-refractivity contribution is 0.127. The van der Waals surface area contributed by atoms with Crippen molar-refractivity contribution in [3.05, 3.63) is 24.5 Å². The van der Waals surface area contributed by atoms with Crippen LogP contribution in [0.3, 0.4) is 0 Å². The van der Waals surface area contributed by atoms with Gasteiger partial charge in [0.2, 0.25) is 0 Å². The fourth-order valence-corrected chi connectivity index (χ4v) is 2.53. The zero-order chi connectivity index (χ0) is 14.7. The Bertz CT molecular complexity index is 619. The van der Waals surface area contributed by atoms with Crippen LogP contribution in [0.15, 0.2) is 24.5 Å². The number of hydrogen-bond donors (Lipinski definition) is 3. The van der Waals surface area contributed by atoms with Crippen LogP contribution in [0.4, 0.5) is 10.5 Å². The number of hydrogen-bond acceptors (Lipinski definition) is 4. The molecule has 1 aliphatic heterocycles. The maximum Gasteiger partial charge on any atom is 0.321 e. The summed E-state index contributed by atoms with van der Waals surface area (Å²) in [6.45, 7) is 3.79. The molecule has 0 radical (unpaired) electrons. The second-order valence-electron chi connectivity index (χ2n) is 5.12. The fourth-order valence-electron chi connectivity index (χ4n) is 2.53. The Hall–Kier alpha value is -2.12. The number of imidazole rings is 1. The molecule has 1 saturated heterocycles. The summed E-state index contributed by atoms with van der Waals surface area (Å²) in [4.78, 5) is 23.4. The zero-order valence-electron chi connectivity index (χ0n) is 11.7. The molecule has 2 aromatic rings. The topological polar surface area (TPSA) is 84.5 Å². The standard InChI is InChI=1S/C14H19N5O2/c20-8-7-18-3-5-19(6-4-18)14(21)17-11-1-2-12-13(9-11)16-10-15-12/h1-2,9-10,20H,3-8H2,(H,15,16)(H,17,21). The first-order valence-corrected chi connectivity index (χ1v) is 7.08. The van der Waals surface area contributed by atoms with Gasteiger partial charge in [-0.25, -0.2) is 9.78 Å². The minimum absolute atomic E-state index is 0.0856. The number of piperazine rings is 1. The minimum atomic E-state index is -0.0856. The number of urea groups is 1. The van der Waals surface area contributed by atoms with Crippen molar-refractivity contribution in [1.82, 2.24) is 19.8 Å². The monoisotopic (exact) mass is 289 g/mol. The summed E-state index contributed by atoms with van der Waals surface area (Å²) >= 11 is 0. The van der Waals surface area contributed by atoms with Crippen LogP contribution in [0, 0.1) is 0 Å². The van der Waals surface area contributed by atoms with Crippen molar-refractivity contribution in [2.45, 2.75) is 0 Å². The van der Waals surface area contributed by atoms with Crippen LogP contribution in [-0.2, 0) is 0 Å². The van der Waals surface area contributed by atoms with E-state index in [4.69, 9.17) is 5.11 Å². The molecule has 0 atom stereocenters. The maximum absolute atomic E-state index is 12.2. The molecule has 7 heteroatoms. The summed E-state index contributed by atoms with van der Waals surface area (Å²) < 4.78 is 0. The highest BCUT2D eigenvalue weighted by Crippen LogP contribution is 2.16. The predicted molar refractivity (Wildman–Crippen MR) is 80.2 cm³/mol. The molecular weight excluding hydrogens is 270 g/mol. The zero-order valence-corrected chi connectivity index (χ0v) is 11.7. The third-order valence-corrected chi connectivity index (χ3v) is 3.75. The van der Waals surface area contributed by atoms with Crippen molar-refractivity contribution in [3.8, 4) is 0 Å². The van der Waals surface area contributed by atoms with Gasteiger partial charge in [0.1, 0.15) is 0 Å². The molecule has 0 aliphatic carbocycles. The van der Waals surface area contributed by atoms with E-state index in [2.05, 4.69) is 20.2 Å². The predicted octanol–water partition coefficient (Wildman–Crippen LogP) is 0.705. The van der Waals surface area contributed by atoms with Crippen LogP contribution < -0.4 is 5.32 Å². The van der Waals surface area contributed by atoms with Gasteiger partial charge in [-0.3, -0.25) is 4.90 Å². The number of fused-ring (bicyclic) bond motifs is 1. The number of rotatable bonds is 3. The van der Waals surface area contributed by atoms with Crippen LogP contribution in [0.2, 0.25) is 0 Å². The first-order valence-electron chi connectivity index (χ1n) is 7.08. The molecule has 112 valence electrons. The van der Waals surface area contributed by atoms with Gasteiger partial charge in [0.05, 0.1) is 24.0 Å². The van der Waals surface area contributed by atoms with E-state index in [0.29, 0.717) is 19.6 Å². The van der Waals surface area contributed by atoms with E-state index in [0.717, 1.165) is 29.8 Å². The fraction of sp³-hybridized carbons (Fsp3) is 0.429. The molecule has 0 saturated carbocycles. The van der Waals surface area contributed by atoms with E-state index in [1.165, 1.54) is 0 Å². The van der Waals surface area contributed by atoms with Crippen molar-refractivity contribution in [2.24, 2.45) is 0 Å². The number of nitrogens with one attached hydrogen (secondary N) is 2. The molecule has 2 heterocycles. The van der Waals surface area contributed by atoms with Crippen LogP contribution in [0.5, 0.6) is 0 Å². The van der Waals surface area contributed by atoms with Gasteiger partial charge in [-0.1, -0.05) is 0 Å². The van der Waals surface area contributed by atoms with Gasteiger partial charge in [0.15, 0.2) is 0 Å². The third-order valence-electron chi connectivity index (χ3n) is 3.75. The minimum Gasteiger partial charge on any atom is -0.395 e. The number of anilines is 1. The molecule has 0 bridgehead atoms. The van der Waals surface area contributed by atoms with Gasteiger partial charge in [0, 0.05) is 38.4 Å². The Morgan fingerprint density at radius 3 is 2.90 bits per heavy atom. The molecule has 1 aromatic carbocycles. The maximum atomic E-state index is 12.2. The third kappa shape index (κ3) is 3.14. The molecule has 0 spiro atoms. The molecule has 3 N–H and O–H groups in total. The van der Waals surface area contributed by atoms with Crippen molar-refractivity contribution in [2.75, 3.05) is 44.6 Å². The van der Waals surface area contributed by atoms with E-state index in [1.54, 1.807) is 11.2 Å². The molecule has 2 amide bonds. The van der Waals surface area contributed by atoms with E-state index in [1.807, 2.05) is 18.2 Å². The van der Waals surface area contributed by atoms with Gasteiger partial charge in [0.25, 0.3) is 0 Å². The van der Waals surface area contributed by atoms with Crippen LogP contribution >= 0.6 is 0 Å². The highest BCUT2D eigenvalue weighted by Gasteiger charge is 2.20. The normalized spacial score (nSPS) is 16.3. The number of aliphatic hydroxyl groups excluding tert-OH is 1. The number of aliphatic hydroxyl groups is 1. The average Bonchev–Trinajstić information content (AvgIpc) is 2.96. The summed E-state index contributed by atoms with van der Waals surface area (Å²) in [7, 11) is 0. The van der Waals surface area contributed by atoms with Crippen molar-refractivity contribution < 1.29 is 9.90 Å². The summed E-state index contributed by atoms with van der Waals surface area (Å²) in [5.41, 5.74) is 2.54. The Kier molecular flexibility index (Phi) is 4.03. The molecule has 1 fully saturated rings. The summed E-state index contributed by atoms with van der Waals surface area (Å²) in [5.74, 6) is 0. The highest BCUT2D eigenvalue weighted by molar-refractivity contribution is 5.91. The van der Waals surface area contributed by atoms with Gasteiger partial charge in [-0.15, -0.1) is 0 Å². The van der Waals surface area contributed by atoms with E-state index in [9.17, 15) is 4.79 Å². The molecule has 21 heavy (non-hydrogen) atoms. The number of amides is 2. The van der Waals surface area contributed by atoms with Crippen LogP contribution in [-0.4, -0.2) is 70.2 Å². The number of carbonyl (C=O) groups is 1. The van der Waals surface area contributed by atoms with Crippen molar-refractivity contribution >= 4 is 22.8 Å². The number of nitrogens with zero attached hydrogens (tertiary/aromatic N) is 3. The van der Waals surface area contributed by atoms with Crippen LogP contribution in [0.25, 0.3) is 11.0 Å². The Labute approximate surface area is 122 Å². The second-order valence-corrected chi connectivity index (χ2v) is 5.12. The molecular formula is C14H19N5O2. The van der Waals surface area contributed by atoms with Crippen molar-refractivity contribution in [1.29, 1.82) is 0 Å². The first kappa shape index (κ1) is 13.8. The summed E-state index contributed by atoms with van der Waals surface area (Å²) in [6, 6.07) is 5.52. The lowest BCUT2D eigenvalue weighted by Crippen LogP contribution is -2.50. The Balaban J connectivity index is 1.58. The summed E-state index contributed by atoms with van der Waals surface area (Å²) in [6.07, 6.45) is 1.64. The number of β-amino-alcohol motifs (C(OH)–C–C–N with tert-alkyl or cyclic N) is 1. The lowest BCUT2D eigenvalue weighted by atomic mass is 10.2. The molecule has 0 unspecified atom stereocenters. The smallest absolute Gasteiger partial charge is 0.321 e. The molecule has 7 nitrogen and oxygen atoms in total. The largest absolute Gasteiger partial charge is 0.395 e. The van der Waals surface area contributed by atoms with E-state index in [-0.39, 0.29) is 12.6 Å². The SMILES string of the molecule is O=C(Nc1ccc2nc[nH]c2c1)N1CCN(CCO)CC1. The lowest BCUT2D eigenvalue weighted by Gasteiger charge is -2.34. The Morgan fingerprint density at radius 1 is 1.33 bits per heavy atom. The number of aromatic nitrogens is 2. The van der Waals surface area contributed by atoms with Gasteiger partial charge in [-0.2, -0.15) is 0 Å².